The van der Waals surface area contributed by atoms with Crippen LogP contribution in [-0.2, 0) is 24.8 Å². The Morgan fingerprint density at radius 1 is 1.24 bits per heavy atom. The third-order valence-corrected chi connectivity index (χ3v) is 5.31. The standard InChI is InChI=1S/C20H28N4O/c1-16(20(25)21-15-19-8-11-22-23(19)2)24-12-9-18(10-13-24)14-17-6-4-3-5-7-17/h3-8,11,16,18H,9-10,12-15H2,1-2H3,(H,21,25). The van der Waals surface area contributed by atoms with Gasteiger partial charge in [0.2, 0.25) is 5.91 Å². The Kier molecular flexibility index (Phi) is 5.87. The molecule has 0 bridgehead atoms. The molecule has 1 aliphatic heterocycles. The van der Waals surface area contributed by atoms with Crippen LogP contribution in [0.4, 0.5) is 0 Å². The molecule has 2 heterocycles. The van der Waals surface area contributed by atoms with Crippen molar-refractivity contribution in [2.24, 2.45) is 13.0 Å². The lowest BCUT2D eigenvalue weighted by Gasteiger charge is -2.35. The van der Waals surface area contributed by atoms with Gasteiger partial charge in [-0.2, -0.15) is 5.10 Å². The number of hydrogen-bond acceptors (Lipinski definition) is 3. The highest BCUT2D eigenvalue weighted by molar-refractivity contribution is 5.81. The normalized spacial score (nSPS) is 17.4. The van der Waals surface area contributed by atoms with Gasteiger partial charge in [0.15, 0.2) is 0 Å². The van der Waals surface area contributed by atoms with Crippen molar-refractivity contribution in [2.75, 3.05) is 13.1 Å². The van der Waals surface area contributed by atoms with Crippen LogP contribution < -0.4 is 5.32 Å². The van der Waals surface area contributed by atoms with E-state index in [1.165, 1.54) is 5.56 Å². The summed E-state index contributed by atoms with van der Waals surface area (Å²) in [5.41, 5.74) is 2.44. The third-order valence-electron chi connectivity index (χ3n) is 5.31. The summed E-state index contributed by atoms with van der Waals surface area (Å²) >= 11 is 0. The Balaban J connectivity index is 1.43. The Bertz CT molecular complexity index is 674. The minimum absolute atomic E-state index is 0.0779. The average molecular weight is 340 g/mol. The number of benzene rings is 1. The molecule has 3 rings (SSSR count). The van der Waals surface area contributed by atoms with Crippen LogP contribution in [0.5, 0.6) is 0 Å². The fourth-order valence-electron chi connectivity index (χ4n) is 3.56. The van der Waals surface area contributed by atoms with Crippen LogP contribution in [0.2, 0.25) is 0 Å². The highest BCUT2D eigenvalue weighted by Crippen LogP contribution is 2.22. The van der Waals surface area contributed by atoms with Gasteiger partial charge in [-0.05, 0) is 56.8 Å². The zero-order chi connectivity index (χ0) is 17.6. The van der Waals surface area contributed by atoms with Crippen molar-refractivity contribution in [1.29, 1.82) is 0 Å². The zero-order valence-corrected chi connectivity index (χ0v) is 15.2. The van der Waals surface area contributed by atoms with Crippen LogP contribution in [0, 0.1) is 5.92 Å². The van der Waals surface area contributed by atoms with Crippen molar-refractivity contribution in [1.82, 2.24) is 20.0 Å². The average Bonchev–Trinajstić information content (AvgIpc) is 3.05. The molecule has 1 aliphatic rings. The zero-order valence-electron chi connectivity index (χ0n) is 15.2. The molecule has 0 saturated carbocycles. The SMILES string of the molecule is CC(C(=O)NCc1ccnn1C)N1CCC(Cc2ccccc2)CC1. The molecule has 5 nitrogen and oxygen atoms in total. The van der Waals surface area contributed by atoms with Gasteiger partial charge in [-0.25, -0.2) is 0 Å². The molecular weight excluding hydrogens is 312 g/mol. The van der Waals surface area contributed by atoms with Crippen molar-refractivity contribution >= 4 is 5.91 Å². The van der Waals surface area contributed by atoms with E-state index in [1.807, 2.05) is 20.0 Å². The lowest BCUT2D eigenvalue weighted by Crippen LogP contribution is -2.48. The molecule has 1 N–H and O–H groups in total. The number of likely N-dealkylation sites (tertiary alicyclic amines) is 1. The topological polar surface area (TPSA) is 50.2 Å². The highest BCUT2D eigenvalue weighted by atomic mass is 16.2. The molecule has 25 heavy (non-hydrogen) atoms. The van der Waals surface area contributed by atoms with Gasteiger partial charge in [0.1, 0.15) is 0 Å². The Morgan fingerprint density at radius 3 is 2.60 bits per heavy atom. The molecule has 0 spiro atoms. The van der Waals surface area contributed by atoms with Gasteiger partial charge in [-0.3, -0.25) is 14.4 Å². The summed E-state index contributed by atoms with van der Waals surface area (Å²) in [6, 6.07) is 12.6. The molecule has 134 valence electrons. The number of amides is 1. The maximum atomic E-state index is 12.4. The Hall–Kier alpha value is -2.14. The number of rotatable bonds is 6. The predicted octanol–water partition coefficient (Wildman–Crippen LogP) is 2.38. The van der Waals surface area contributed by atoms with Crippen molar-refractivity contribution in [2.45, 2.75) is 38.8 Å². The molecule has 1 unspecified atom stereocenters. The van der Waals surface area contributed by atoms with Gasteiger partial charge >= 0.3 is 0 Å². The monoisotopic (exact) mass is 340 g/mol. The van der Waals surface area contributed by atoms with Crippen LogP contribution in [0.25, 0.3) is 0 Å². The first kappa shape index (κ1) is 17.7. The lowest BCUT2D eigenvalue weighted by atomic mass is 9.89. The first-order valence-corrected chi connectivity index (χ1v) is 9.16. The maximum Gasteiger partial charge on any atom is 0.237 e. The molecule has 1 saturated heterocycles. The number of aromatic nitrogens is 2. The molecule has 1 atom stereocenters. The molecule has 0 aliphatic carbocycles. The number of carbonyl (C=O) groups is 1. The van der Waals surface area contributed by atoms with Gasteiger partial charge in [0, 0.05) is 13.2 Å². The number of hydrogen-bond donors (Lipinski definition) is 1. The maximum absolute atomic E-state index is 12.4. The second-order valence-electron chi connectivity index (χ2n) is 7.01. The summed E-state index contributed by atoms with van der Waals surface area (Å²) in [6.45, 7) is 4.54. The van der Waals surface area contributed by atoms with Gasteiger partial charge in [-0.15, -0.1) is 0 Å². The predicted molar refractivity (Wildman–Crippen MR) is 99.0 cm³/mol. The minimum atomic E-state index is -0.0779. The van der Waals surface area contributed by atoms with E-state index in [4.69, 9.17) is 0 Å². The molecule has 5 heteroatoms. The van der Waals surface area contributed by atoms with Gasteiger partial charge in [0.25, 0.3) is 0 Å². The summed E-state index contributed by atoms with van der Waals surface area (Å²) in [5, 5.41) is 7.16. The fourth-order valence-corrected chi connectivity index (χ4v) is 3.56. The summed E-state index contributed by atoms with van der Waals surface area (Å²) in [6.07, 6.45) is 5.22. The van der Waals surface area contributed by atoms with E-state index in [0.29, 0.717) is 6.54 Å². The number of nitrogens with zero attached hydrogens (tertiary/aromatic N) is 3. The van der Waals surface area contributed by atoms with E-state index in [9.17, 15) is 4.79 Å². The molecule has 2 aromatic rings. The van der Waals surface area contributed by atoms with Gasteiger partial charge in [0.05, 0.1) is 18.3 Å². The van der Waals surface area contributed by atoms with Crippen molar-refractivity contribution in [3.8, 4) is 0 Å². The molecule has 0 radical (unpaired) electrons. The minimum Gasteiger partial charge on any atom is -0.349 e. The largest absolute Gasteiger partial charge is 0.349 e. The molecule has 1 aromatic carbocycles. The van der Waals surface area contributed by atoms with E-state index < -0.39 is 0 Å². The van der Waals surface area contributed by atoms with E-state index in [1.54, 1.807) is 10.9 Å². The number of piperidine rings is 1. The van der Waals surface area contributed by atoms with Crippen molar-refractivity contribution < 1.29 is 4.79 Å². The summed E-state index contributed by atoms with van der Waals surface area (Å²) in [4.78, 5) is 14.7. The molecule has 1 amide bonds. The van der Waals surface area contributed by atoms with Crippen LogP contribution in [0.1, 0.15) is 31.0 Å². The summed E-state index contributed by atoms with van der Waals surface area (Å²) < 4.78 is 1.79. The van der Waals surface area contributed by atoms with Crippen LogP contribution in [0.15, 0.2) is 42.6 Å². The second-order valence-corrected chi connectivity index (χ2v) is 7.01. The van der Waals surface area contributed by atoms with E-state index in [0.717, 1.165) is 44.0 Å². The second kappa shape index (κ2) is 8.30. The van der Waals surface area contributed by atoms with Crippen molar-refractivity contribution in [3.05, 3.63) is 53.9 Å². The van der Waals surface area contributed by atoms with Crippen LogP contribution >= 0.6 is 0 Å². The van der Waals surface area contributed by atoms with Gasteiger partial charge < -0.3 is 5.32 Å². The lowest BCUT2D eigenvalue weighted by molar-refractivity contribution is -0.126. The van der Waals surface area contributed by atoms with Gasteiger partial charge in [-0.1, -0.05) is 30.3 Å². The quantitative estimate of drug-likeness (QED) is 0.878. The van der Waals surface area contributed by atoms with Crippen LogP contribution in [0.3, 0.4) is 0 Å². The first-order chi connectivity index (χ1) is 12.1. The number of nitrogens with one attached hydrogen (secondary N) is 1. The van der Waals surface area contributed by atoms with E-state index in [-0.39, 0.29) is 11.9 Å². The number of carbonyl (C=O) groups excluding carboxylic acids is 1. The molecule has 1 fully saturated rings. The van der Waals surface area contributed by atoms with E-state index in [2.05, 4.69) is 45.6 Å². The van der Waals surface area contributed by atoms with E-state index >= 15 is 0 Å². The Labute approximate surface area is 150 Å². The highest BCUT2D eigenvalue weighted by Gasteiger charge is 2.26. The van der Waals surface area contributed by atoms with Crippen LogP contribution in [-0.4, -0.2) is 39.7 Å². The number of aryl methyl sites for hydroxylation is 1. The fraction of sp³-hybridized carbons (Fsp3) is 0.500. The first-order valence-electron chi connectivity index (χ1n) is 9.16. The summed E-state index contributed by atoms with van der Waals surface area (Å²) in [5.74, 6) is 0.825. The Morgan fingerprint density at radius 2 is 1.96 bits per heavy atom. The molecular formula is C20H28N4O. The third kappa shape index (κ3) is 4.69. The summed E-state index contributed by atoms with van der Waals surface area (Å²) in [7, 11) is 1.89. The molecule has 1 aromatic heterocycles. The smallest absolute Gasteiger partial charge is 0.237 e. The van der Waals surface area contributed by atoms with Crippen molar-refractivity contribution in [3.63, 3.8) is 0 Å².